The van der Waals surface area contributed by atoms with Gasteiger partial charge < -0.3 is 5.11 Å². The largest absolute Gasteiger partial charge is 0.396 e. The minimum absolute atomic E-state index is 0.327. The third kappa shape index (κ3) is 3.95. The van der Waals surface area contributed by atoms with Crippen LogP contribution >= 0.6 is 0 Å². The van der Waals surface area contributed by atoms with Crippen LogP contribution in [0.1, 0.15) is 39.5 Å². The van der Waals surface area contributed by atoms with Crippen molar-refractivity contribution in [2.75, 3.05) is 6.61 Å². The molecule has 0 aromatic heterocycles. The molecule has 0 spiro atoms. The van der Waals surface area contributed by atoms with Crippen LogP contribution in [0.15, 0.2) is 12.2 Å². The lowest BCUT2D eigenvalue weighted by Gasteiger charge is -2.21. The molecule has 1 N–H and O–H groups in total. The van der Waals surface area contributed by atoms with Gasteiger partial charge in [0.1, 0.15) is 0 Å². The number of allylic oxidation sites excluding steroid dienone is 1. The molecule has 0 saturated heterocycles. The van der Waals surface area contributed by atoms with Crippen LogP contribution in [0.3, 0.4) is 0 Å². The molecule has 1 heteroatoms. The van der Waals surface area contributed by atoms with Gasteiger partial charge in [0.2, 0.25) is 0 Å². The van der Waals surface area contributed by atoms with Gasteiger partial charge in [-0.3, -0.25) is 0 Å². The van der Waals surface area contributed by atoms with Crippen molar-refractivity contribution in [2.24, 2.45) is 17.8 Å². The van der Waals surface area contributed by atoms with Crippen molar-refractivity contribution in [3.8, 4) is 0 Å². The van der Waals surface area contributed by atoms with E-state index >= 15 is 0 Å². The normalized spacial score (nSPS) is 28.3. The first-order valence-electron chi connectivity index (χ1n) is 5.51. The van der Waals surface area contributed by atoms with E-state index in [-0.39, 0.29) is 0 Å². The molecule has 1 rings (SSSR count). The molecular formula is C12H22O. The van der Waals surface area contributed by atoms with Crippen LogP contribution in [0.2, 0.25) is 0 Å². The molecule has 1 aliphatic carbocycles. The lowest BCUT2D eigenvalue weighted by atomic mass is 9.85. The van der Waals surface area contributed by atoms with E-state index < -0.39 is 0 Å². The molecule has 0 aromatic rings. The first-order valence-corrected chi connectivity index (χ1v) is 5.51. The third-order valence-electron chi connectivity index (χ3n) is 2.91. The van der Waals surface area contributed by atoms with Crippen molar-refractivity contribution in [3.63, 3.8) is 0 Å². The molecule has 2 unspecified atom stereocenters. The molecular weight excluding hydrogens is 160 g/mol. The summed E-state index contributed by atoms with van der Waals surface area (Å²) in [5.41, 5.74) is 0. The molecule has 0 amide bonds. The molecule has 76 valence electrons. The average molecular weight is 182 g/mol. The Bertz CT molecular complexity index is 161. The molecule has 0 aromatic carbocycles. The molecule has 0 heterocycles. The lowest BCUT2D eigenvalue weighted by molar-refractivity contribution is 0.232. The Hall–Kier alpha value is -0.300. The summed E-state index contributed by atoms with van der Waals surface area (Å²) in [6.45, 7) is 4.89. The van der Waals surface area contributed by atoms with Crippen LogP contribution in [0.5, 0.6) is 0 Å². The molecule has 1 nitrogen and oxygen atoms in total. The van der Waals surface area contributed by atoms with Gasteiger partial charge in [0, 0.05) is 6.61 Å². The molecule has 0 fully saturated rings. The van der Waals surface area contributed by atoms with E-state index in [4.69, 9.17) is 5.11 Å². The summed E-state index contributed by atoms with van der Waals surface area (Å²) >= 11 is 0. The number of rotatable bonds is 4. The maximum absolute atomic E-state index is 8.94. The van der Waals surface area contributed by atoms with Crippen molar-refractivity contribution in [1.82, 2.24) is 0 Å². The van der Waals surface area contributed by atoms with Crippen molar-refractivity contribution in [3.05, 3.63) is 12.2 Å². The minimum Gasteiger partial charge on any atom is -0.396 e. The zero-order valence-electron chi connectivity index (χ0n) is 8.87. The number of hydrogen-bond donors (Lipinski definition) is 1. The summed E-state index contributed by atoms with van der Waals surface area (Å²) in [5, 5.41) is 8.94. The van der Waals surface area contributed by atoms with Crippen molar-refractivity contribution in [1.29, 1.82) is 0 Å². The Morgan fingerprint density at radius 1 is 1.23 bits per heavy atom. The van der Waals surface area contributed by atoms with E-state index in [1.807, 2.05) is 0 Å². The Labute approximate surface area is 81.9 Å². The lowest BCUT2D eigenvalue weighted by Crippen LogP contribution is -2.12. The second-order valence-corrected chi connectivity index (χ2v) is 4.64. The van der Waals surface area contributed by atoms with Crippen LogP contribution in [0, 0.1) is 17.8 Å². The zero-order chi connectivity index (χ0) is 9.68. The maximum Gasteiger partial charge on any atom is 0.0493 e. The molecule has 13 heavy (non-hydrogen) atoms. The second-order valence-electron chi connectivity index (χ2n) is 4.64. The fraction of sp³-hybridized carbons (Fsp3) is 0.833. The van der Waals surface area contributed by atoms with E-state index in [2.05, 4.69) is 26.0 Å². The Morgan fingerprint density at radius 3 is 2.31 bits per heavy atom. The smallest absolute Gasteiger partial charge is 0.0493 e. The fourth-order valence-electron chi connectivity index (χ4n) is 1.87. The standard InChI is InChI=1S/C12H22O/c1-10(2)3-4-11-5-7-12(9-13)8-6-11/h5,7,10-13H,3-4,6,8-9H2,1-2H3. The van der Waals surface area contributed by atoms with E-state index in [1.54, 1.807) is 0 Å². The first-order chi connectivity index (χ1) is 6.22. The summed E-state index contributed by atoms with van der Waals surface area (Å²) in [6.07, 6.45) is 9.62. The van der Waals surface area contributed by atoms with E-state index in [1.165, 1.54) is 25.7 Å². The fourth-order valence-corrected chi connectivity index (χ4v) is 1.87. The predicted octanol–water partition coefficient (Wildman–Crippen LogP) is 3.00. The minimum atomic E-state index is 0.327. The van der Waals surface area contributed by atoms with Crippen LogP contribution in [0.25, 0.3) is 0 Å². The van der Waals surface area contributed by atoms with Crippen LogP contribution in [-0.4, -0.2) is 11.7 Å². The van der Waals surface area contributed by atoms with Gasteiger partial charge >= 0.3 is 0 Å². The molecule has 0 radical (unpaired) electrons. The summed E-state index contributed by atoms with van der Waals surface area (Å²) in [4.78, 5) is 0. The van der Waals surface area contributed by atoms with Gasteiger partial charge in [-0.15, -0.1) is 0 Å². The van der Waals surface area contributed by atoms with Crippen LogP contribution in [0.4, 0.5) is 0 Å². The first kappa shape index (κ1) is 10.8. The highest BCUT2D eigenvalue weighted by Gasteiger charge is 2.14. The molecule has 1 aliphatic rings. The number of aliphatic hydroxyl groups excluding tert-OH is 1. The van der Waals surface area contributed by atoms with Crippen molar-refractivity contribution >= 4 is 0 Å². The van der Waals surface area contributed by atoms with Gasteiger partial charge in [-0.2, -0.15) is 0 Å². The summed E-state index contributed by atoms with van der Waals surface area (Å²) < 4.78 is 0. The van der Waals surface area contributed by atoms with Crippen molar-refractivity contribution < 1.29 is 5.11 Å². The van der Waals surface area contributed by atoms with Gasteiger partial charge in [-0.25, -0.2) is 0 Å². The highest BCUT2D eigenvalue weighted by molar-refractivity contribution is 4.97. The number of aliphatic hydroxyl groups is 1. The van der Waals surface area contributed by atoms with E-state index in [0.717, 1.165) is 11.8 Å². The second kappa shape index (κ2) is 5.43. The maximum atomic E-state index is 8.94. The van der Waals surface area contributed by atoms with E-state index in [0.29, 0.717) is 12.5 Å². The Morgan fingerprint density at radius 2 is 1.85 bits per heavy atom. The van der Waals surface area contributed by atoms with Gasteiger partial charge in [0.05, 0.1) is 0 Å². The summed E-state index contributed by atoms with van der Waals surface area (Å²) in [6, 6.07) is 0. The molecule has 0 bridgehead atoms. The Balaban J connectivity index is 2.23. The Kier molecular flexibility index (Phi) is 4.51. The van der Waals surface area contributed by atoms with Crippen LogP contribution in [-0.2, 0) is 0 Å². The molecule has 2 atom stereocenters. The monoisotopic (exact) mass is 182 g/mol. The SMILES string of the molecule is CC(C)CCC1C=CC(CO)CC1. The quantitative estimate of drug-likeness (QED) is 0.663. The third-order valence-corrected chi connectivity index (χ3v) is 2.91. The van der Waals surface area contributed by atoms with Gasteiger partial charge in [-0.1, -0.05) is 32.4 Å². The summed E-state index contributed by atoms with van der Waals surface area (Å²) in [7, 11) is 0. The predicted molar refractivity (Wildman–Crippen MR) is 56.5 cm³/mol. The number of hydrogen-bond acceptors (Lipinski definition) is 1. The highest BCUT2D eigenvalue weighted by Crippen LogP contribution is 2.26. The van der Waals surface area contributed by atoms with Gasteiger partial charge in [0.15, 0.2) is 0 Å². The van der Waals surface area contributed by atoms with Gasteiger partial charge in [-0.05, 0) is 37.0 Å². The van der Waals surface area contributed by atoms with Crippen molar-refractivity contribution in [2.45, 2.75) is 39.5 Å². The van der Waals surface area contributed by atoms with Crippen LogP contribution < -0.4 is 0 Å². The zero-order valence-corrected chi connectivity index (χ0v) is 8.87. The average Bonchev–Trinajstić information content (AvgIpc) is 2.15. The topological polar surface area (TPSA) is 20.2 Å². The summed E-state index contributed by atoms with van der Waals surface area (Å²) in [5.74, 6) is 2.05. The van der Waals surface area contributed by atoms with E-state index in [9.17, 15) is 0 Å². The van der Waals surface area contributed by atoms with Gasteiger partial charge in [0.25, 0.3) is 0 Å². The molecule has 0 aliphatic heterocycles. The highest BCUT2D eigenvalue weighted by atomic mass is 16.3. The molecule has 0 saturated carbocycles.